The van der Waals surface area contributed by atoms with Crippen LogP contribution in [-0.4, -0.2) is 0 Å². The average Bonchev–Trinajstić information content (AvgIpc) is 3.17. The molecule has 0 nitrogen and oxygen atoms in total. The number of hydrogen-bond acceptors (Lipinski definition) is 0. The van der Waals surface area contributed by atoms with Gasteiger partial charge < -0.3 is 0 Å². The van der Waals surface area contributed by atoms with Gasteiger partial charge in [-0.1, -0.05) is 182 Å². The van der Waals surface area contributed by atoms with Crippen LogP contribution in [0, 0.1) is 0 Å². The minimum Gasteiger partial charge on any atom is -0.0622 e. The van der Waals surface area contributed by atoms with Gasteiger partial charge in [0.1, 0.15) is 0 Å². The monoisotopic (exact) mass is 608 g/mol. The lowest BCUT2D eigenvalue weighted by atomic mass is 9.82. The molecular weight excluding hydrogens is 577 g/mol. The van der Waals surface area contributed by atoms with Crippen LogP contribution in [-0.2, 0) is 0 Å². The predicted octanol–water partition coefficient (Wildman–Crippen LogP) is 13.5. The summed E-state index contributed by atoms with van der Waals surface area (Å²) in [6.45, 7) is 0. The zero-order valence-electron chi connectivity index (χ0n) is 26.5. The highest BCUT2D eigenvalue weighted by Crippen LogP contribution is 2.47. The van der Waals surface area contributed by atoms with Crippen molar-refractivity contribution in [1.29, 1.82) is 0 Å². The fourth-order valence-corrected chi connectivity index (χ4v) is 7.48. The Morgan fingerprint density at radius 2 is 0.708 bits per heavy atom. The summed E-state index contributed by atoms with van der Waals surface area (Å²) in [4.78, 5) is 0. The van der Waals surface area contributed by atoms with E-state index in [2.05, 4.69) is 194 Å². The van der Waals surface area contributed by atoms with E-state index in [-0.39, 0.29) is 0 Å². The molecule has 0 saturated heterocycles. The lowest BCUT2D eigenvalue weighted by Gasteiger charge is -2.21. The second-order valence-corrected chi connectivity index (χ2v) is 12.4. The van der Waals surface area contributed by atoms with E-state index in [9.17, 15) is 0 Å². The van der Waals surface area contributed by atoms with Crippen LogP contribution in [0.3, 0.4) is 0 Å². The van der Waals surface area contributed by atoms with Gasteiger partial charge in [0.05, 0.1) is 0 Å². The number of hydrogen-bond donors (Lipinski definition) is 0. The van der Waals surface area contributed by atoms with Crippen molar-refractivity contribution in [3.05, 3.63) is 194 Å². The molecule has 0 unspecified atom stereocenters. The van der Waals surface area contributed by atoms with Gasteiger partial charge in [-0.25, -0.2) is 0 Å². The number of benzene rings is 9. The van der Waals surface area contributed by atoms with Crippen molar-refractivity contribution in [2.45, 2.75) is 0 Å². The third kappa shape index (κ3) is 4.78. The molecule has 0 atom stereocenters. The first-order chi connectivity index (χ1) is 23.8. The van der Waals surface area contributed by atoms with Gasteiger partial charge in [-0.15, -0.1) is 0 Å². The summed E-state index contributed by atoms with van der Waals surface area (Å²) in [5, 5.41) is 7.55. The zero-order valence-corrected chi connectivity index (χ0v) is 26.5. The van der Waals surface area contributed by atoms with E-state index >= 15 is 0 Å². The molecule has 0 aliphatic rings. The van der Waals surface area contributed by atoms with Gasteiger partial charge in [-0.2, -0.15) is 0 Å². The molecule has 0 amide bonds. The van der Waals surface area contributed by atoms with Gasteiger partial charge in [0.15, 0.2) is 0 Å². The Hall–Kier alpha value is -6.24. The van der Waals surface area contributed by atoms with E-state index < -0.39 is 0 Å². The maximum atomic E-state index is 2.40. The number of rotatable bonds is 5. The predicted molar refractivity (Wildman–Crippen MR) is 206 cm³/mol. The minimum atomic E-state index is 1.21. The normalized spacial score (nSPS) is 11.3. The molecule has 0 saturated carbocycles. The Morgan fingerprint density at radius 3 is 1.40 bits per heavy atom. The van der Waals surface area contributed by atoms with Gasteiger partial charge in [-0.05, 0) is 100 Å². The van der Waals surface area contributed by atoms with Crippen LogP contribution in [0.5, 0.6) is 0 Å². The smallest absolute Gasteiger partial charge is 0.00201 e. The third-order valence-corrected chi connectivity index (χ3v) is 9.66. The summed E-state index contributed by atoms with van der Waals surface area (Å²) in [7, 11) is 0. The van der Waals surface area contributed by atoms with Gasteiger partial charge in [-0.3, -0.25) is 0 Å². The van der Waals surface area contributed by atoms with Crippen LogP contribution in [0.25, 0.3) is 88.0 Å². The van der Waals surface area contributed by atoms with Gasteiger partial charge in [0.2, 0.25) is 0 Å². The SMILES string of the molecule is c1ccc(-c2cccc(-c3c4ccccc4c(-c4ccc(-c5cccc6ccccc56)cc4-c4ccccc4)c4ccccc34)c2)cc1. The highest BCUT2D eigenvalue weighted by Gasteiger charge is 2.20. The summed E-state index contributed by atoms with van der Waals surface area (Å²) >= 11 is 0. The van der Waals surface area contributed by atoms with Crippen molar-refractivity contribution in [2.24, 2.45) is 0 Å². The van der Waals surface area contributed by atoms with Crippen molar-refractivity contribution in [1.82, 2.24) is 0 Å². The molecule has 0 aliphatic carbocycles. The first-order valence-electron chi connectivity index (χ1n) is 16.6. The molecule has 0 N–H and O–H groups in total. The Labute approximate surface area is 281 Å². The molecule has 48 heavy (non-hydrogen) atoms. The first-order valence-corrected chi connectivity index (χ1v) is 16.6. The number of fused-ring (bicyclic) bond motifs is 3. The quantitative estimate of drug-likeness (QED) is 0.171. The summed E-state index contributed by atoms with van der Waals surface area (Å²) in [5.74, 6) is 0. The summed E-state index contributed by atoms with van der Waals surface area (Å²) in [6, 6.07) is 70.7. The van der Waals surface area contributed by atoms with Gasteiger partial charge >= 0.3 is 0 Å². The molecule has 0 aromatic heterocycles. The van der Waals surface area contributed by atoms with Crippen LogP contribution in [0.2, 0.25) is 0 Å². The van der Waals surface area contributed by atoms with Crippen molar-refractivity contribution in [3.8, 4) is 55.6 Å². The van der Waals surface area contributed by atoms with Crippen LogP contribution in [0.15, 0.2) is 194 Å². The third-order valence-electron chi connectivity index (χ3n) is 9.66. The molecule has 9 aromatic rings. The lowest BCUT2D eigenvalue weighted by molar-refractivity contribution is 1.59. The molecule has 9 aromatic carbocycles. The second kappa shape index (κ2) is 11.8. The van der Waals surface area contributed by atoms with Crippen molar-refractivity contribution < 1.29 is 0 Å². The molecule has 0 heteroatoms. The van der Waals surface area contributed by atoms with Crippen LogP contribution >= 0.6 is 0 Å². The average molecular weight is 609 g/mol. The van der Waals surface area contributed by atoms with Crippen molar-refractivity contribution >= 4 is 32.3 Å². The van der Waals surface area contributed by atoms with Gasteiger partial charge in [0.25, 0.3) is 0 Å². The fraction of sp³-hybridized carbons (Fsp3) is 0. The molecule has 224 valence electrons. The molecule has 0 aliphatic heterocycles. The zero-order chi connectivity index (χ0) is 31.9. The molecule has 0 spiro atoms. The standard InChI is InChI=1S/C48H32/c1-3-15-33(16-4-1)36-21-13-22-38(31-36)47-41-24-9-11-26-43(41)48(44-27-12-10-25-42(44)47)45-30-29-37(32-46(45)35-17-5-2-6-18-35)40-28-14-20-34-19-7-8-23-39(34)40/h1-32H. The Bertz CT molecular complexity index is 2530. The maximum absolute atomic E-state index is 2.40. The maximum Gasteiger partial charge on any atom is -0.00201 e. The summed E-state index contributed by atoms with van der Waals surface area (Å²) in [5.41, 5.74) is 12.4. The summed E-state index contributed by atoms with van der Waals surface area (Å²) < 4.78 is 0. The highest BCUT2D eigenvalue weighted by molar-refractivity contribution is 6.22. The van der Waals surface area contributed by atoms with Crippen LogP contribution < -0.4 is 0 Å². The highest BCUT2D eigenvalue weighted by atomic mass is 14.2. The van der Waals surface area contributed by atoms with Crippen molar-refractivity contribution in [2.75, 3.05) is 0 Å². The van der Waals surface area contributed by atoms with Crippen LogP contribution in [0.1, 0.15) is 0 Å². The van der Waals surface area contributed by atoms with Crippen LogP contribution in [0.4, 0.5) is 0 Å². The molecular formula is C48H32. The molecule has 0 fully saturated rings. The second-order valence-electron chi connectivity index (χ2n) is 12.4. The molecule has 0 bridgehead atoms. The van der Waals surface area contributed by atoms with E-state index in [0.717, 1.165) is 0 Å². The lowest BCUT2D eigenvalue weighted by Crippen LogP contribution is -1.94. The fourth-order valence-electron chi connectivity index (χ4n) is 7.48. The molecule has 0 heterocycles. The topological polar surface area (TPSA) is 0 Å². The van der Waals surface area contributed by atoms with E-state index in [0.29, 0.717) is 0 Å². The molecule has 0 radical (unpaired) electrons. The van der Waals surface area contributed by atoms with Crippen molar-refractivity contribution in [3.63, 3.8) is 0 Å². The Balaban J connectivity index is 1.33. The van der Waals surface area contributed by atoms with E-state index in [4.69, 9.17) is 0 Å². The van der Waals surface area contributed by atoms with E-state index in [1.54, 1.807) is 0 Å². The largest absolute Gasteiger partial charge is 0.0622 e. The molecule has 9 rings (SSSR count). The minimum absolute atomic E-state index is 1.21. The van der Waals surface area contributed by atoms with E-state index in [1.165, 1.54) is 88.0 Å². The first kappa shape index (κ1) is 28.0. The van der Waals surface area contributed by atoms with E-state index in [1.807, 2.05) is 0 Å². The summed E-state index contributed by atoms with van der Waals surface area (Å²) in [6.07, 6.45) is 0. The van der Waals surface area contributed by atoms with Gasteiger partial charge in [0, 0.05) is 0 Å². The Morgan fingerprint density at radius 1 is 0.208 bits per heavy atom. The Kier molecular flexibility index (Phi) is 6.91.